The Bertz CT molecular complexity index is 1830. The number of benzene rings is 2. The number of aliphatic hydroxyl groups is 5. The number of nitrogens with zero attached hydrogens (tertiary/aromatic N) is 2. The second-order valence-electron chi connectivity index (χ2n) is 13.6. The number of hydrogen-bond donors (Lipinski definition) is 9. The molecule has 2 aromatic carbocycles. The summed E-state index contributed by atoms with van der Waals surface area (Å²) in [6.45, 7) is -0.989. The number of aromatic nitrogens is 1. The quantitative estimate of drug-likeness (QED) is 0.0447. The predicted octanol–water partition coefficient (Wildman–Crippen LogP) is 0.988. The van der Waals surface area contributed by atoms with Crippen LogP contribution in [0.3, 0.4) is 0 Å². The third kappa shape index (κ3) is 10.1. The fraction of sp³-hybridized carbons (Fsp3) is 0.500. The smallest absolute Gasteiger partial charge is 0.315 e. The second kappa shape index (κ2) is 17.7. The third-order valence-corrected chi connectivity index (χ3v) is 11.8. The van der Waals surface area contributed by atoms with Gasteiger partial charge in [-0.25, -0.2) is 17.5 Å². The Kier molecular flexibility index (Phi) is 13.6. The highest BCUT2D eigenvalue weighted by molar-refractivity contribution is 7.89. The average molecular weight is 779 g/mol. The van der Waals surface area contributed by atoms with E-state index in [1.54, 1.807) is 24.5 Å². The predicted molar refractivity (Wildman–Crippen MR) is 194 cm³/mol. The van der Waals surface area contributed by atoms with Gasteiger partial charge >= 0.3 is 6.03 Å². The lowest BCUT2D eigenvalue weighted by Gasteiger charge is -2.28. The van der Waals surface area contributed by atoms with Crippen LogP contribution < -0.4 is 25.4 Å². The number of carbonyl (C=O) groups excluding carboxylic acids is 1. The number of hydrogen-bond acceptors (Lipinski definition) is 11. The van der Waals surface area contributed by atoms with E-state index in [-0.39, 0.29) is 30.6 Å². The zero-order chi connectivity index (χ0) is 38.3. The Morgan fingerprint density at radius 3 is 2.45 bits per heavy atom. The first-order valence-electron chi connectivity index (χ1n) is 17.6. The van der Waals surface area contributed by atoms with Crippen molar-refractivity contribution in [1.29, 1.82) is 0 Å². The van der Waals surface area contributed by atoms with E-state index in [9.17, 15) is 38.8 Å². The molecule has 2 fully saturated rings. The molecule has 5 rings (SSSR count). The van der Waals surface area contributed by atoms with Crippen LogP contribution in [0.25, 0.3) is 11.1 Å². The highest BCUT2D eigenvalue weighted by Crippen LogP contribution is 2.50. The normalized spacial score (nSPS) is 17.5. The molecular formula is C36H49ClN5O10S+. The maximum atomic E-state index is 13.5. The maximum absolute atomic E-state index is 13.5. The fourth-order valence-corrected chi connectivity index (χ4v) is 7.48. The van der Waals surface area contributed by atoms with Crippen molar-refractivity contribution in [3.8, 4) is 16.9 Å². The molecule has 0 aliphatic heterocycles. The van der Waals surface area contributed by atoms with Crippen molar-refractivity contribution in [2.75, 3.05) is 33.4 Å². The van der Waals surface area contributed by atoms with Crippen LogP contribution in [0.4, 0.5) is 4.79 Å². The van der Waals surface area contributed by atoms with E-state index in [1.807, 2.05) is 30.3 Å². The van der Waals surface area contributed by atoms with Gasteiger partial charge in [-0.15, -0.1) is 0 Å². The van der Waals surface area contributed by atoms with E-state index >= 15 is 0 Å². The number of ether oxygens (including phenoxy) is 1. The number of aliphatic hydroxyl groups excluding tert-OH is 5. The summed E-state index contributed by atoms with van der Waals surface area (Å²) in [5.74, 6) is 0.788. The molecule has 0 radical (unpaired) electrons. The Labute approximate surface area is 313 Å². The first kappa shape index (κ1) is 40.6. The van der Waals surface area contributed by atoms with Gasteiger partial charge in [-0.2, -0.15) is 0 Å². The van der Waals surface area contributed by atoms with Gasteiger partial charge in [0.05, 0.1) is 35.8 Å². The van der Waals surface area contributed by atoms with E-state index in [0.717, 1.165) is 52.9 Å². The van der Waals surface area contributed by atoms with Crippen LogP contribution in [0.15, 0.2) is 65.8 Å². The Balaban J connectivity index is 1.16. The zero-order valence-electron chi connectivity index (χ0n) is 29.4. The molecule has 1 aromatic heterocycles. The maximum Gasteiger partial charge on any atom is 0.315 e. The molecular weight excluding hydrogens is 730 g/mol. The Morgan fingerprint density at radius 2 is 1.77 bits per heavy atom. The molecule has 0 spiro atoms. The van der Waals surface area contributed by atoms with E-state index < -0.39 is 59.2 Å². The lowest BCUT2D eigenvalue weighted by Crippen LogP contribution is -2.56. The van der Waals surface area contributed by atoms with Gasteiger partial charge in [-0.3, -0.25) is 5.21 Å². The van der Waals surface area contributed by atoms with Gasteiger partial charge in [0.25, 0.3) is 0 Å². The number of urea groups is 1. The van der Waals surface area contributed by atoms with Crippen LogP contribution in [0.1, 0.15) is 49.7 Å². The average Bonchev–Trinajstić information content (AvgIpc) is 4.10. The molecule has 2 saturated carbocycles. The number of carbonyl (C=O) groups is 1. The summed E-state index contributed by atoms with van der Waals surface area (Å²) in [6.07, 6.45) is 2.73. The molecule has 3 aromatic rings. The van der Waals surface area contributed by atoms with Gasteiger partial charge in [0, 0.05) is 59.2 Å². The van der Waals surface area contributed by atoms with Gasteiger partial charge in [0.15, 0.2) is 0 Å². The molecule has 15 nitrogen and oxygen atoms in total. The van der Waals surface area contributed by atoms with Crippen LogP contribution in [0, 0.1) is 0 Å². The number of unbranched alkanes of at least 4 members (excludes halogenated alkanes) is 1. The number of rotatable bonds is 20. The summed E-state index contributed by atoms with van der Waals surface area (Å²) < 4.78 is 35.5. The lowest BCUT2D eigenvalue weighted by molar-refractivity contribution is -0.905. The summed E-state index contributed by atoms with van der Waals surface area (Å²) in [4.78, 5) is 12.3. The van der Waals surface area contributed by atoms with Crippen molar-refractivity contribution < 1.29 is 53.4 Å². The first-order valence-corrected chi connectivity index (χ1v) is 19.4. The largest absolute Gasteiger partial charge is 0.490 e. The van der Waals surface area contributed by atoms with E-state index in [0.29, 0.717) is 23.4 Å². The highest BCUT2D eigenvalue weighted by atomic mass is 35.5. The number of halogens is 1. The number of amides is 2. The van der Waals surface area contributed by atoms with Crippen molar-refractivity contribution in [1.82, 2.24) is 20.3 Å². The van der Waals surface area contributed by atoms with Crippen LogP contribution in [-0.4, -0.2) is 113 Å². The Hall–Kier alpha value is -3.58. The molecule has 1 heterocycles. The minimum absolute atomic E-state index is 0.0745. The summed E-state index contributed by atoms with van der Waals surface area (Å²) in [7, 11) is -2.43. The van der Waals surface area contributed by atoms with Gasteiger partial charge in [0.2, 0.25) is 22.4 Å². The van der Waals surface area contributed by atoms with Crippen LogP contribution in [0.2, 0.25) is 5.02 Å². The second-order valence-corrected chi connectivity index (χ2v) is 16.1. The highest BCUT2D eigenvalue weighted by Gasteiger charge is 2.47. The molecule has 2 amide bonds. The van der Waals surface area contributed by atoms with Gasteiger partial charge in [0.1, 0.15) is 24.1 Å². The van der Waals surface area contributed by atoms with Crippen molar-refractivity contribution in [2.45, 2.75) is 86.0 Å². The summed E-state index contributed by atoms with van der Waals surface area (Å²) in [6, 6.07) is 12.2. The first-order chi connectivity index (χ1) is 25.3. The number of nitrogens with one attached hydrogen (secondary N) is 3. The van der Waals surface area contributed by atoms with Gasteiger partial charge in [-0.1, -0.05) is 29.8 Å². The van der Waals surface area contributed by atoms with E-state index in [2.05, 4.69) is 16.0 Å². The topological polar surface area (TPSA) is 225 Å². The van der Waals surface area contributed by atoms with Crippen molar-refractivity contribution in [2.24, 2.45) is 0 Å². The van der Waals surface area contributed by atoms with E-state index in [1.165, 1.54) is 17.4 Å². The van der Waals surface area contributed by atoms with Gasteiger partial charge < -0.3 is 46.2 Å². The molecule has 290 valence electrons. The Morgan fingerprint density at radius 1 is 1.04 bits per heavy atom. The minimum atomic E-state index is -3.90. The van der Waals surface area contributed by atoms with Crippen LogP contribution >= 0.6 is 11.6 Å². The summed E-state index contributed by atoms with van der Waals surface area (Å²) >= 11 is 6.58. The number of pyridine rings is 1. The van der Waals surface area contributed by atoms with Crippen molar-refractivity contribution in [3.05, 3.63) is 77.1 Å². The molecule has 4 atom stereocenters. The number of sulfonamides is 1. The lowest BCUT2D eigenvalue weighted by atomic mass is 9.94. The molecule has 9 N–H and O–H groups in total. The minimum Gasteiger partial charge on any atom is -0.490 e. The SMILES string of the molecule is CN(CCCCNC(=O)N[C@@H](CO)[C@@H](O)[C@H](O)[C@H](O)CO)S(=O)(=O)c1ccc(Cl)c(CNC2(c3c[n+](O)ccc3-c3ccccc3OC3CC3)CC2)c1. The fourth-order valence-electron chi connectivity index (χ4n) is 6.03. The summed E-state index contributed by atoms with van der Waals surface area (Å²) in [5, 5.41) is 67.1. The van der Waals surface area contributed by atoms with Crippen LogP contribution in [-0.2, 0) is 22.1 Å². The molecule has 53 heavy (non-hydrogen) atoms. The molecule has 0 saturated heterocycles. The third-order valence-electron chi connectivity index (χ3n) is 9.59. The van der Waals surface area contributed by atoms with E-state index in [4.69, 9.17) is 21.4 Å². The molecule has 0 unspecified atom stereocenters. The molecule has 0 bridgehead atoms. The van der Waals surface area contributed by atoms with Crippen molar-refractivity contribution >= 4 is 27.7 Å². The summed E-state index contributed by atoms with van der Waals surface area (Å²) in [5.41, 5.74) is 2.87. The molecule has 17 heteroatoms. The number of para-hydroxylation sites is 1. The van der Waals surface area contributed by atoms with Gasteiger partial charge in [-0.05, 0) is 68.4 Å². The van der Waals surface area contributed by atoms with Crippen molar-refractivity contribution in [3.63, 3.8) is 0 Å². The molecule has 2 aliphatic carbocycles. The monoisotopic (exact) mass is 778 g/mol. The zero-order valence-corrected chi connectivity index (χ0v) is 31.0. The molecule has 2 aliphatic rings. The standard InChI is InChI=1S/C36H48ClN5O10S/c1-41(16-5-4-15-38-35(48)40-30(21-43)33(46)34(47)31(45)22-44)53(50,51)25-10-11-29(37)23(18-25)19-39-36(13-14-36)28-20-42(49)17-12-26(28)27-6-2-3-7-32(27)52-24-8-9-24/h2-3,6-7,10-12,17-18,20,24,30-31,33-34,39,43-47H,4-5,8-9,13-16,19,21-22H2,1H3,(H2-,38,40,48,49)/p+1/t30-,31+,33+,34+/m0/s1. The van der Waals surface area contributed by atoms with Crippen LogP contribution in [0.5, 0.6) is 5.75 Å².